The maximum atomic E-state index is 13.6. The number of aromatic nitrogens is 2. The lowest BCUT2D eigenvalue weighted by molar-refractivity contribution is 0.492. The number of imidazole rings is 1. The van der Waals surface area contributed by atoms with Crippen LogP contribution in [-0.2, 0) is 5.41 Å². The van der Waals surface area contributed by atoms with Crippen molar-refractivity contribution in [1.29, 1.82) is 0 Å². The highest BCUT2D eigenvalue weighted by molar-refractivity contribution is 5.35. The molecule has 0 saturated heterocycles. The second kappa shape index (κ2) is 4.15. The van der Waals surface area contributed by atoms with Gasteiger partial charge in [-0.15, -0.1) is 0 Å². The summed E-state index contributed by atoms with van der Waals surface area (Å²) in [6.45, 7) is 5.88. The quantitative estimate of drug-likeness (QED) is 0.711. The molecule has 0 unspecified atom stereocenters. The standard InChI is InChI=1S/C13H13F3N2/c1-13(2,3)12-6-18(7-17-12)11-5-9(15)8(14)4-10(11)16/h4-7H,1-3H3. The second-order valence-electron chi connectivity index (χ2n) is 5.13. The molecule has 0 aliphatic heterocycles. The van der Waals surface area contributed by atoms with E-state index in [1.165, 1.54) is 10.9 Å². The Hall–Kier alpha value is -1.78. The van der Waals surface area contributed by atoms with E-state index in [-0.39, 0.29) is 11.1 Å². The molecule has 18 heavy (non-hydrogen) atoms. The molecular weight excluding hydrogens is 241 g/mol. The average Bonchev–Trinajstić information content (AvgIpc) is 2.72. The molecule has 0 N–H and O–H groups in total. The zero-order valence-corrected chi connectivity index (χ0v) is 10.3. The van der Waals surface area contributed by atoms with E-state index in [1.54, 1.807) is 6.20 Å². The summed E-state index contributed by atoms with van der Waals surface area (Å²) in [5, 5.41) is 0. The molecule has 0 bridgehead atoms. The van der Waals surface area contributed by atoms with Gasteiger partial charge in [0.1, 0.15) is 5.82 Å². The number of halogens is 3. The first-order chi connectivity index (χ1) is 8.29. The van der Waals surface area contributed by atoms with Crippen molar-refractivity contribution < 1.29 is 13.2 Å². The maximum absolute atomic E-state index is 13.6. The molecule has 2 aromatic rings. The number of benzene rings is 1. The van der Waals surface area contributed by atoms with Crippen LogP contribution in [0.5, 0.6) is 0 Å². The monoisotopic (exact) mass is 254 g/mol. The van der Waals surface area contributed by atoms with E-state index in [9.17, 15) is 13.2 Å². The predicted molar refractivity (Wildman–Crippen MR) is 62.1 cm³/mol. The number of hydrogen-bond acceptors (Lipinski definition) is 1. The molecule has 1 aromatic heterocycles. The molecule has 5 heteroatoms. The molecule has 0 atom stereocenters. The van der Waals surface area contributed by atoms with Crippen LogP contribution in [-0.4, -0.2) is 9.55 Å². The van der Waals surface area contributed by atoms with Gasteiger partial charge in [-0.2, -0.15) is 0 Å². The normalized spacial score (nSPS) is 11.9. The summed E-state index contributed by atoms with van der Waals surface area (Å²) < 4.78 is 40.9. The largest absolute Gasteiger partial charge is 0.303 e. The molecule has 1 heterocycles. The summed E-state index contributed by atoms with van der Waals surface area (Å²) in [6, 6.07) is 1.35. The fourth-order valence-electron chi connectivity index (χ4n) is 1.55. The van der Waals surface area contributed by atoms with Crippen molar-refractivity contribution in [2.75, 3.05) is 0 Å². The Morgan fingerprint density at radius 2 is 1.61 bits per heavy atom. The minimum absolute atomic E-state index is 0.0584. The van der Waals surface area contributed by atoms with E-state index >= 15 is 0 Å². The van der Waals surface area contributed by atoms with E-state index in [0.717, 1.165) is 11.8 Å². The zero-order valence-electron chi connectivity index (χ0n) is 10.3. The third-order valence-corrected chi connectivity index (χ3v) is 2.62. The SMILES string of the molecule is CC(C)(C)c1cn(-c2cc(F)c(F)cc2F)cn1. The van der Waals surface area contributed by atoms with Crippen molar-refractivity contribution in [1.82, 2.24) is 9.55 Å². The van der Waals surface area contributed by atoms with Crippen LogP contribution in [0.25, 0.3) is 5.69 Å². The van der Waals surface area contributed by atoms with Gasteiger partial charge in [-0.05, 0) is 0 Å². The first kappa shape index (κ1) is 12.7. The van der Waals surface area contributed by atoms with Gasteiger partial charge in [0.05, 0.1) is 17.7 Å². The molecule has 0 amide bonds. The Bertz CT molecular complexity index is 582. The van der Waals surface area contributed by atoms with E-state index in [2.05, 4.69) is 4.98 Å². The van der Waals surface area contributed by atoms with Crippen LogP contribution in [0.15, 0.2) is 24.7 Å². The van der Waals surface area contributed by atoms with Gasteiger partial charge in [0.2, 0.25) is 0 Å². The topological polar surface area (TPSA) is 17.8 Å². The highest BCUT2D eigenvalue weighted by Gasteiger charge is 2.18. The maximum Gasteiger partial charge on any atom is 0.161 e. The molecule has 0 fully saturated rings. The van der Waals surface area contributed by atoms with Crippen LogP contribution in [0.3, 0.4) is 0 Å². The number of nitrogens with zero attached hydrogens (tertiary/aromatic N) is 2. The van der Waals surface area contributed by atoms with E-state index < -0.39 is 17.5 Å². The first-order valence-corrected chi connectivity index (χ1v) is 5.48. The Morgan fingerprint density at radius 1 is 1.00 bits per heavy atom. The van der Waals surface area contributed by atoms with Crippen LogP contribution < -0.4 is 0 Å². The minimum Gasteiger partial charge on any atom is -0.303 e. The lowest BCUT2D eigenvalue weighted by Gasteiger charge is -2.14. The Morgan fingerprint density at radius 3 is 2.17 bits per heavy atom. The predicted octanol–water partition coefficient (Wildman–Crippen LogP) is 3.59. The summed E-state index contributed by atoms with van der Waals surface area (Å²) in [4.78, 5) is 4.14. The second-order valence-corrected chi connectivity index (χ2v) is 5.13. The van der Waals surface area contributed by atoms with Crippen LogP contribution in [0.4, 0.5) is 13.2 Å². The molecule has 2 nitrogen and oxygen atoms in total. The van der Waals surface area contributed by atoms with Gasteiger partial charge in [0, 0.05) is 23.7 Å². The first-order valence-electron chi connectivity index (χ1n) is 5.48. The van der Waals surface area contributed by atoms with Crippen molar-refractivity contribution in [3.8, 4) is 5.69 Å². The summed E-state index contributed by atoms with van der Waals surface area (Å²) in [7, 11) is 0. The van der Waals surface area contributed by atoms with Crippen LogP contribution >= 0.6 is 0 Å². The third kappa shape index (κ3) is 2.25. The lowest BCUT2D eigenvalue weighted by Crippen LogP contribution is -2.11. The summed E-state index contributed by atoms with van der Waals surface area (Å²) in [5.41, 5.74) is 0.490. The van der Waals surface area contributed by atoms with Crippen molar-refractivity contribution in [3.63, 3.8) is 0 Å². The van der Waals surface area contributed by atoms with Gasteiger partial charge in [0.25, 0.3) is 0 Å². The number of hydrogen-bond donors (Lipinski definition) is 0. The molecule has 0 saturated carbocycles. The Labute approximate surface area is 103 Å². The van der Waals surface area contributed by atoms with Crippen molar-refractivity contribution >= 4 is 0 Å². The summed E-state index contributed by atoms with van der Waals surface area (Å²) in [5.74, 6) is -3.11. The Kier molecular flexibility index (Phi) is 2.92. The molecule has 0 radical (unpaired) electrons. The highest BCUT2D eigenvalue weighted by atomic mass is 19.2. The van der Waals surface area contributed by atoms with Crippen LogP contribution in [0.2, 0.25) is 0 Å². The van der Waals surface area contributed by atoms with E-state index in [1.807, 2.05) is 20.8 Å². The van der Waals surface area contributed by atoms with Gasteiger partial charge in [-0.3, -0.25) is 0 Å². The van der Waals surface area contributed by atoms with E-state index in [4.69, 9.17) is 0 Å². The average molecular weight is 254 g/mol. The molecule has 0 spiro atoms. The van der Waals surface area contributed by atoms with Crippen molar-refractivity contribution in [2.24, 2.45) is 0 Å². The lowest BCUT2D eigenvalue weighted by atomic mass is 9.93. The summed E-state index contributed by atoms with van der Waals surface area (Å²) in [6.07, 6.45) is 2.99. The van der Waals surface area contributed by atoms with Crippen molar-refractivity contribution in [2.45, 2.75) is 26.2 Å². The minimum atomic E-state index is -1.20. The van der Waals surface area contributed by atoms with Gasteiger partial charge in [-0.1, -0.05) is 20.8 Å². The summed E-state index contributed by atoms with van der Waals surface area (Å²) >= 11 is 0. The third-order valence-electron chi connectivity index (χ3n) is 2.62. The molecular formula is C13H13F3N2. The zero-order chi connectivity index (χ0) is 13.5. The fraction of sp³-hybridized carbons (Fsp3) is 0.308. The molecule has 96 valence electrons. The van der Waals surface area contributed by atoms with Gasteiger partial charge >= 0.3 is 0 Å². The molecule has 0 aliphatic rings. The smallest absolute Gasteiger partial charge is 0.161 e. The number of rotatable bonds is 1. The van der Waals surface area contributed by atoms with Gasteiger partial charge < -0.3 is 4.57 Å². The fourth-order valence-corrected chi connectivity index (χ4v) is 1.55. The van der Waals surface area contributed by atoms with E-state index in [0.29, 0.717) is 6.07 Å². The van der Waals surface area contributed by atoms with Crippen molar-refractivity contribution in [3.05, 3.63) is 47.8 Å². The van der Waals surface area contributed by atoms with Gasteiger partial charge in [0.15, 0.2) is 11.6 Å². The molecule has 1 aromatic carbocycles. The van der Waals surface area contributed by atoms with Gasteiger partial charge in [-0.25, -0.2) is 18.2 Å². The molecule has 0 aliphatic carbocycles. The molecule has 2 rings (SSSR count). The Balaban J connectivity index is 2.50. The van der Waals surface area contributed by atoms with Crippen LogP contribution in [0.1, 0.15) is 26.5 Å². The highest BCUT2D eigenvalue weighted by Crippen LogP contribution is 2.23. The van der Waals surface area contributed by atoms with Crippen LogP contribution in [0, 0.1) is 17.5 Å².